The lowest BCUT2D eigenvalue weighted by molar-refractivity contribution is -0.156. The SMILES string of the molecule is CCCCOC(=O)C(C)(C)CCC(C)(CC)C(=O)Oc1ccc(C(=O)/C=C/c2ccc(OC)c(OC)c2)cc1. The van der Waals surface area contributed by atoms with E-state index in [9.17, 15) is 14.4 Å². The lowest BCUT2D eigenvalue weighted by Gasteiger charge is -2.30. The van der Waals surface area contributed by atoms with Crippen LogP contribution in [0, 0.1) is 10.8 Å². The monoisotopic (exact) mass is 538 g/mol. The molecule has 0 saturated carbocycles. The van der Waals surface area contributed by atoms with E-state index in [4.69, 9.17) is 18.9 Å². The summed E-state index contributed by atoms with van der Waals surface area (Å²) in [5.74, 6) is 0.745. The third kappa shape index (κ3) is 8.98. The summed E-state index contributed by atoms with van der Waals surface area (Å²) >= 11 is 0. The molecule has 0 heterocycles. The summed E-state index contributed by atoms with van der Waals surface area (Å²) in [6.45, 7) is 9.93. The molecule has 0 saturated heterocycles. The quantitative estimate of drug-likeness (QED) is 0.0788. The number of ketones is 1. The Morgan fingerprint density at radius 3 is 2.10 bits per heavy atom. The van der Waals surface area contributed by atoms with Crippen LogP contribution >= 0.6 is 0 Å². The molecule has 212 valence electrons. The summed E-state index contributed by atoms with van der Waals surface area (Å²) in [4.78, 5) is 38.3. The van der Waals surface area contributed by atoms with Gasteiger partial charge in [0, 0.05) is 5.56 Å². The van der Waals surface area contributed by atoms with Gasteiger partial charge in [-0.25, -0.2) is 0 Å². The summed E-state index contributed by atoms with van der Waals surface area (Å²) in [6.07, 6.45) is 6.51. The summed E-state index contributed by atoms with van der Waals surface area (Å²) in [5, 5.41) is 0. The Hall–Kier alpha value is -3.61. The van der Waals surface area contributed by atoms with Gasteiger partial charge in [0.1, 0.15) is 5.75 Å². The van der Waals surface area contributed by atoms with Crippen LogP contribution < -0.4 is 14.2 Å². The fraction of sp³-hybridized carbons (Fsp3) is 0.469. The van der Waals surface area contributed by atoms with Gasteiger partial charge >= 0.3 is 11.9 Å². The molecule has 39 heavy (non-hydrogen) atoms. The molecule has 2 aromatic carbocycles. The van der Waals surface area contributed by atoms with Crippen LogP contribution in [0.25, 0.3) is 6.08 Å². The van der Waals surface area contributed by atoms with Crippen molar-refractivity contribution in [2.45, 2.75) is 66.7 Å². The molecule has 0 aliphatic rings. The van der Waals surface area contributed by atoms with E-state index in [2.05, 4.69) is 0 Å². The minimum absolute atomic E-state index is 0.186. The molecule has 2 rings (SSSR count). The lowest BCUT2D eigenvalue weighted by atomic mass is 9.76. The van der Waals surface area contributed by atoms with Crippen LogP contribution in [0.2, 0.25) is 0 Å². The molecule has 0 bridgehead atoms. The fourth-order valence-electron chi connectivity index (χ4n) is 3.76. The van der Waals surface area contributed by atoms with Crippen molar-refractivity contribution in [2.24, 2.45) is 10.8 Å². The van der Waals surface area contributed by atoms with Crippen LogP contribution in [-0.2, 0) is 14.3 Å². The molecule has 0 aromatic heterocycles. The van der Waals surface area contributed by atoms with Crippen molar-refractivity contribution < 1.29 is 33.3 Å². The second kappa shape index (κ2) is 14.5. The van der Waals surface area contributed by atoms with Crippen LogP contribution in [-0.4, -0.2) is 38.5 Å². The maximum absolute atomic E-state index is 13.1. The molecule has 7 nitrogen and oxygen atoms in total. The standard InChI is InChI=1S/C32H42O7/c1-8-10-21-38-29(34)31(3,4)19-20-32(5,9-2)30(35)39-25-15-13-24(14-16-25)26(33)17-11-23-12-18-27(36-6)28(22-23)37-7/h11-18,22H,8-10,19-21H2,1-7H3/b17-11+. The first-order valence-electron chi connectivity index (χ1n) is 13.4. The van der Waals surface area contributed by atoms with E-state index in [0.29, 0.717) is 48.7 Å². The third-order valence-electron chi connectivity index (χ3n) is 7.04. The zero-order valence-electron chi connectivity index (χ0n) is 24.3. The minimum atomic E-state index is -0.766. The van der Waals surface area contributed by atoms with Crippen LogP contribution in [0.15, 0.2) is 48.5 Å². The Morgan fingerprint density at radius 2 is 1.51 bits per heavy atom. The topological polar surface area (TPSA) is 88.1 Å². The maximum atomic E-state index is 13.1. The van der Waals surface area contributed by atoms with Gasteiger partial charge in [0.2, 0.25) is 0 Å². The van der Waals surface area contributed by atoms with E-state index in [0.717, 1.165) is 18.4 Å². The molecule has 0 aliphatic carbocycles. The third-order valence-corrected chi connectivity index (χ3v) is 7.04. The highest BCUT2D eigenvalue weighted by Crippen LogP contribution is 2.36. The number of unbranched alkanes of at least 4 members (excludes halogenated alkanes) is 1. The molecular formula is C32H42O7. The molecule has 0 spiro atoms. The molecule has 0 fully saturated rings. The smallest absolute Gasteiger partial charge is 0.317 e. The van der Waals surface area contributed by atoms with Crippen molar-refractivity contribution in [3.05, 3.63) is 59.7 Å². The van der Waals surface area contributed by atoms with Crippen LogP contribution in [0.4, 0.5) is 0 Å². The number of rotatable bonds is 15. The Morgan fingerprint density at radius 1 is 0.846 bits per heavy atom. The van der Waals surface area contributed by atoms with Gasteiger partial charge in [-0.2, -0.15) is 0 Å². The molecule has 7 heteroatoms. The average Bonchev–Trinajstić information content (AvgIpc) is 2.94. The fourth-order valence-corrected chi connectivity index (χ4v) is 3.76. The van der Waals surface area contributed by atoms with Crippen molar-refractivity contribution in [3.8, 4) is 17.2 Å². The molecule has 0 amide bonds. The maximum Gasteiger partial charge on any atom is 0.317 e. The normalized spacial score (nSPS) is 13.0. The molecular weight excluding hydrogens is 496 g/mol. The van der Waals surface area contributed by atoms with Crippen molar-refractivity contribution in [3.63, 3.8) is 0 Å². The number of carbonyl (C=O) groups excluding carboxylic acids is 3. The molecule has 0 radical (unpaired) electrons. The van der Waals surface area contributed by atoms with Gasteiger partial charge in [-0.1, -0.05) is 32.4 Å². The van der Waals surface area contributed by atoms with E-state index in [1.807, 2.05) is 40.7 Å². The van der Waals surface area contributed by atoms with Crippen molar-refractivity contribution in [1.29, 1.82) is 0 Å². The van der Waals surface area contributed by atoms with Crippen molar-refractivity contribution >= 4 is 23.8 Å². The van der Waals surface area contributed by atoms with Gasteiger partial charge in [-0.3, -0.25) is 14.4 Å². The lowest BCUT2D eigenvalue weighted by Crippen LogP contribution is -2.35. The van der Waals surface area contributed by atoms with Gasteiger partial charge in [0.05, 0.1) is 31.7 Å². The van der Waals surface area contributed by atoms with E-state index < -0.39 is 10.8 Å². The van der Waals surface area contributed by atoms with Gasteiger partial charge in [-0.15, -0.1) is 0 Å². The highest BCUT2D eigenvalue weighted by molar-refractivity contribution is 6.06. The van der Waals surface area contributed by atoms with Crippen LogP contribution in [0.3, 0.4) is 0 Å². The van der Waals surface area contributed by atoms with Crippen LogP contribution in [0.5, 0.6) is 17.2 Å². The number of benzene rings is 2. The summed E-state index contributed by atoms with van der Waals surface area (Å²) in [7, 11) is 3.12. The number of methoxy groups -OCH3 is 2. The zero-order chi connectivity index (χ0) is 29.1. The van der Waals surface area contributed by atoms with E-state index >= 15 is 0 Å². The molecule has 1 atom stereocenters. The zero-order valence-corrected chi connectivity index (χ0v) is 24.3. The van der Waals surface area contributed by atoms with E-state index in [1.165, 1.54) is 6.08 Å². The number of carbonyl (C=O) groups is 3. The number of hydrogen-bond donors (Lipinski definition) is 0. The first-order valence-corrected chi connectivity index (χ1v) is 13.4. The Labute approximate surface area is 232 Å². The van der Waals surface area contributed by atoms with Gasteiger partial charge in [0.25, 0.3) is 0 Å². The molecule has 2 aromatic rings. The number of hydrogen-bond acceptors (Lipinski definition) is 7. The highest BCUT2D eigenvalue weighted by Gasteiger charge is 2.38. The summed E-state index contributed by atoms with van der Waals surface area (Å²) in [6, 6.07) is 11.9. The van der Waals surface area contributed by atoms with Crippen molar-refractivity contribution in [2.75, 3.05) is 20.8 Å². The van der Waals surface area contributed by atoms with E-state index in [1.54, 1.807) is 56.7 Å². The largest absolute Gasteiger partial charge is 0.493 e. The first kappa shape index (κ1) is 31.6. The number of ether oxygens (including phenoxy) is 4. The molecule has 0 aliphatic heterocycles. The first-order chi connectivity index (χ1) is 18.5. The van der Waals surface area contributed by atoms with Gasteiger partial charge < -0.3 is 18.9 Å². The number of esters is 2. The Balaban J connectivity index is 2.00. The van der Waals surface area contributed by atoms with Crippen LogP contribution in [0.1, 0.15) is 82.6 Å². The second-order valence-corrected chi connectivity index (χ2v) is 10.5. The second-order valence-electron chi connectivity index (χ2n) is 10.5. The predicted molar refractivity (Wildman–Crippen MR) is 152 cm³/mol. The summed E-state index contributed by atoms with van der Waals surface area (Å²) in [5.41, 5.74) is -0.204. The Bertz CT molecular complexity index is 1150. The van der Waals surface area contributed by atoms with E-state index in [-0.39, 0.29) is 17.7 Å². The predicted octanol–water partition coefficient (Wildman–Crippen LogP) is 7.07. The van der Waals surface area contributed by atoms with Crippen molar-refractivity contribution in [1.82, 2.24) is 0 Å². The molecule has 0 N–H and O–H groups in total. The minimum Gasteiger partial charge on any atom is -0.493 e. The Kier molecular flexibility index (Phi) is 11.8. The van der Waals surface area contributed by atoms with Gasteiger partial charge in [0.15, 0.2) is 17.3 Å². The summed E-state index contributed by atoms with van der Waals surface area (Å²) < 4.78 is 21.6. The highest BCUT2D eigenvalue weighted by atomic mass is 16.5. The van der Waals surface area contributed by atoms with Gasteiger partial charge in [-0.05, 0) is 94.5 Å². The molecule has 1 unspecified atom stereocenters. The number of allylic oxidation sites excluding steroid dienone is 1. The average molecular weight is 539 g/mol.